The lowest BCUT2D eigenvalue weighted by atomic mass is 10.0. The van der Waals surface area contributed by atoms with E-state index in [0.717, 1.165) is 26.0 Å². The SMILES string of the molecule is CCNC(=NCC1(C)CCCO1)NCCc1c(F)cccc1F. The molecule has 1 aliphatic heterocycles. The molecule has 1 atom stereocenters. The van der Waals surface area contributed by atoms with Crippen LogP contribution in [-0.2, 0) is 11.2 Å². The van der Waals surface area contributed by atoms with Gasteiger partial charge in [-0.3, -0.25) is 4.99 Å². The Morgan fingerprint density at radius 3 is 2.65 bits per heavy atom. The molecule has 0 aromatic heterocycles. The first kappa shape index (κ1) is 17.7. The number of hydrogen-bond acceptors (Lipinski definition) is 2. The van der Waals surface area contributed by atoms with E-state index in [1.165, 1.54) is 18.2 Å². The molecule has 0 amide bonds. The molecule has 23 heavy (non-hydrogen) atoms. The van der Waals surface area contributed by atoms with Gasteiger partial charge >= 0.3 is 0 Å². The van der Waals surface area contributed by atoms with Crippen LogP contribution in [0.15, 0.2) is 23.2 Å². The summed E-state index contributed by atoms with van der Waals surface area (Å²) < 4.78 is 32.9. The van der Waals surface area contributed by atoms with Crippen LogP contribution < -0.4 is 10.6 Å². The first-order valence-corrected chi connectivity index (χ1v) is 8.13. The lowest BCUT2D eigenvalue weighted by Gasteiger charge is -2.21. The molecule has 0 bridgehead atoms. The number of ether oxygens (including phenoxy) is 1. The first-order chi connectivity index (χ1) is 11.0. The second-order valence-electron chi connectivity index (χ2n) is 5.97. The summed E-state index contributed by atoms with van der Waals surface area (Å²) in [6, 6.07) is 3.92. The van der Waals surface area contributed by atoms with Crippen molar-refractivity contribution in [2.75, 3.05) is 26.2 Å². The maximum atomic E-state index is 13.6. The third kappa shape index (κ3) is 5.16. The van der Waals surface area contributed by atoms with Crippen LogP contribution in [0, 0.1) is 11.6 Å². The zero-order valence-electron chi connectivity index (χ0n) is 13.8. The van der Waals surface area contributed by atoms with Crippen LogP contribution in [0.25, 0.3) is 0 Å². The molecule has 4 nitrogen and oxygen atoms in total. The van der Waals surface area contributed by atoms with Crippen molar-refractivity contribution < 1.29 is 13.5 Å². The fourth-order valence-corrected chi connectivity index (χ4v) is 2.63. The van der Waals surface area contributed by atoms with Crippen molar-refractivity contribution in [3.8, 4) is 0 Å². The van der Waals surface area contributed by atoms with Gasteiger partial charge in [-0.2, -0.15) is 0 Å². The van der Waals surface area contributed by atoms with Crippen molar-refractivity contribution in [3.63, 3.8) is 0 Å². The molecule has 128 valence electrons. The monoisotopic (exact) mass is 325 g/mol. The minimum Gasteiger partial charge on any atom is -0.373 e. The highest BCUT2D eigenvalue weighted by Gasteiger charge is 2.29. The van der Waals surface area contributed by atoms with E-state index < -0.39 is 11.6 Å². The van der Waals surface area contributed by atoms with Crippen LogP contribution >= 0.6 is 0 Å². The van der Waals surface area contributed by atoms with Gasteiger partial charge in [-0.15, -0.1) is 0 Å². The van der Waals surface area contributed by atoms with Crippen molar-refractivity contribution in [2.24, 2.45) is 4.99 Å². The number of aliphatic imine (C=N–C) groups is 1. The Kier molecular flexibility index (Phi) is 6.33. The molecule has 0 radical (unpaired) electrons. The molecule has 0 aliphatic carbocycles. The molecule has 1 saturated heterocycles. The molecule has 1 unspecified atom stereocenters. The summed E-state index contributed by atoms with van der Waals surface area (Å²) in [7, 11) is 0. The lowest BCUT2D eigenvalue weighted by molar-refractivity contribution is 0.0283. The van der Waals surface area contributed by atoms with Crippen LogP contribution in [0.3, 0.4) is 0 Å². The van der Waals surface area contributed by atoms with E-state index in [0.29, 0.717) is 19.0 Å². The van der Waals surface area contributed by atoms with E-state index in [2.05, 4.69) is 22.5 Å². The Bertz CT molecular complexity index is 522. The molecular formula is C17H25F2N3O. The van der Waals surface area contributed by atoms with E-state index in [-0.39, 0.29) is 17.6 Å². The fraction of sp³-hybridized carbons (Fsp3) is 0.588. The van der Waals surface area contributed by atoms with Crippen LogP contribution in [0.5, 0.6) is 0 Å². The van der Waals surface area contributed by atoms with Gasteiger partial charge in [-0.25, -0.2) is 8.78 Å². The van der Waals surface area contributed by atoms with Crippen molar-refractivity contribution >= 4 is 5.96 Å². The van der Waals surface area contributed by atoms with Crippen molar-refractivity contribution in [3.05, 3.63) is 35.4 Å². The Morgan fingerprint density at radius 1 is 1.30 bits per heavy atom. The number of benzene rings is 1. The van der Waals surface area contributed by atoms with Crippen LogP contribution in [0.2, 0.25) is 0 Å². The number of hydrogen-bond donors (Lipinski definition) is 2. The largest absolute Gasteiger partial charge is 0.373 e. The molecule has 1 aliphatic rings. The first-order valence-electron chi connectivity index (χ1n) is 8.13. The summed E-state index contributed by atoms with van der Waals surface area (Å²) in [5.41, 5.74) is -0.109. The second-order valence-corrected chi connectivity index (χ2v) is 5.97. The smallest absolute Gasteiger partial charge is 0.191 e. The third-order valence-corrected chi connectivity index (χ3v) is 3.95. The summed E-state index contributed by atoms with van der Waals surface area (Å²) >= 11 is 0. The van der Waals surface area contributed by atoms with Crippen LogP contribution in [0.1, 0.15) is 32.3 Å². The highest BCUT2D eigenvalue weighted by molar-refractivity contribution is 5.79. The number of nitrogens with zero attached hydrogens (tertiary/aromatic N) is 1. The summed E-state index contributed by atoms with van der Waals surface area (Å²) in [6.45, 7) is 6.50. The topological polar surface area (TPSA) is 45.7 Å². The van der Waals surface area contributed by atoms with Gasteiger partial charge in [0.25, 0.3) is 0 Å². The van der Waals surface area contributed by atoms with Crippen LogP contribution in [-0.4, -0.2) is 37.8 Å². The van der Waals surface area contributed by atoms with Gasteiger partial charge in [0.2, 0.25) is 0 Å². The molecule has 0 saturated carbocycles. The predicted octanol–water partition coefficient (Wildman–Crippen LogP) is 2.63. The molecular weight excluding hydrogens is 300 g/mol. The van der Waals surface area contributed by atoms with Gasteiger partial charge in [0.15, 0.2) is 5.96 Å². The Morgan fingerprint density at radius 2 is 2.04 bits per heavy atom. The second kappa shape index (κ2) is 8.24. The average molecular weight is 325 g/mol. The summed E-state index contributed by atoms with van der Waals surface area (Å²) in [6.07, 6.45) is 2.32. The Balaban J connectivity index is 1.89. The zero-order valence-corrected chi connectivity index (χ0v) is 13.8. The molecule has 1 fully saturated rings. The third-order valence-electron chi connectivity index (χ3n) is 3.95. The molecule has 2 N–H and O–H groups in total. The van der Waals surface area contributed by atoms with E-state index in [1.54, 1.807) is 0 Å². The van der Waals surface area contributed by atoms with E-state index in [9.17, 15) is 8.78 Å². The minimum atomic E-state index is -0.513. The highest BCUT2D eigenvalue weighted by Crippen LogP contribution is 2.24. The average Bonchev–Trinajstić information content (AvgIpc) is 2.95. The van der Waals surface area contributed by atoms with Crippen molar-refractivity contribution in [1.82, 2.24) is 10.6 Å². The number of nitrogens with one attached hydrogen (secondary N) is 2. The number of guanidine groups is 1. The quantitative estimate of drug-likeness (QED) is 0.624. The molecule has 0 spiro atoms. The van der Waals surface area contributed by atoms with E-state index in [1.807, 2.05) is 6.92 Å². The molecule has 2 rings (SSSR count). The normalized spacial score (nSPS) is 21.5. The summed E-state index contributed by atoms with van der Waals surface area (Å²) in [5, 5.41) is 6.25. The maximum absolute atomic E-state index is 13.6. The van der Waals surface area contributed by atoms with Crippen molar-refractivity contribution in [2.45, 2.75) is 38.7 Å². The van der Waals surface area contributed by atoms with Crippen LogP contribution in [0.4, 0.5) is 8.78 Å². The summed E-state index contributed by atoms with van der Waals surface area (Å²) in [5.74, 6) is -0.387. The van der Waals surface area contributed by atoms with Gasteiger partial charge in [0.05, 0.1) is 12.1 Å². The Labute approximate surface area is 136 Å². The lowest BCUT2D eigenvalue weighted by Crippen LogP contribution is -2.40. The predicted molar refractivity (Wildman–Crippen MR) is 87.6 cm³/mol. The molecule has 1 heterocycles. The number of rotatable bonds is 6. The van der Waals surface area contributed by atoms with Crippen molar-refractivity contribution in [1.29, 1.82) is 0 Å². The standard InChI is InChI=1S/C17H25F2N3O/c1-3-20-16(22-12-17(2)9-5-11-23-17)21-10-8-13-14(18)6-4-7-15(13)19/h4,6-7H,3,5,8-12H2,1-2H3,(H2,20,21,22). The fourth-order valence-electron chi connectivity index (χ4n) is 2.63. The van der Waals surface area contributed by atoms with E-state index in [4.69, 9.17) is 4.74 Å². The van der Waals surface area contributed by atoms with Gasteiger partial charge in [-0.05, 0) is 45.2 Å². The maximum Gasteiger partial charge on any atom is 0.191 e. The molecule has 1 aromatic carbocycles. The molecule has 1 aromatic rings. The number of halogens is 2. The zero-order chi connectivity index (χ0) is 16.7. The highest BCUT2D eigenvalue weighted by atomic mass is 19.1. The van der Waals surface area contributed by atoms with Gasteiger partial charge in [0.1, 0.15) is 11.6 Å². The van der Waals surface area contributed by atoms with Gasteiger partial charge in [0, 0.05) is 25.3 Å². The summed E-state index contributed by atoms with van der Waals surface area (Å²) in [4.78, 5) is 4.53. The van der Waals surface area contributed by atoms with E-state index >= 15 is 0 Å². The van der Waals surface area contributed by atoms with Gasteiger partial charge in [-0.1, -0.05) is 6.07 Å². The minimum absolute atomic E-state index is 0.0990. The molecule has 6 heteroatoms. The van der Waals surface area contributed by atoms with Gasteiger partial charge < -0.3 is 15.4 Å². The Hall–Kier alpha value is -1.69.